The van der Waals surface area contributed by atoms with E-state index in [-0.39, 0.29) is 6.04 Å². The van der Waals surface area contributed by atoms with Crippen molar-refractivity contribution in [2.45, 2.75) is 38.9 Å². The molecule has 0 aromatic carbocycles. The summed E-state index contributed by atoms with van der Waals surface area (Å²) in [4.78, 5) is 7.49. The van der Waals surface area contributed by atoms with Crippen LogP contribution in [0, 0.1) is 0 Å². The van der Waals surface area contributed by atoms with Gasteiger partial charge in [-0.05, 0) is 6.42 Å². The fourth-order valence-corrected chi connectivity index (χ4v) is 2.30. The second kappa shape index (κ2) is 4.29. The van der Waals surface area contributed by atoms with Crippen LogP contribution in [0.1, 0.15) is 36.6 Å². The van der Waals surface area contributed by atoms with E-state index in [4.69, 9.17) is 0 Å². The number of aryl methyl sites for hydroxylation is 1. The Kier molecular flexibility index (Phi) is 2.64. The number of hydrogen-bond donors (Lipinski definition) is 2. The van der Waals surface area contributed by atoms with Crippen molar-refractivity contribution in [2.24, 2.45) is 0 Å². The SMILES string of the molecule is CCCn1cnnc1C1Cc2nc[nH]c2CN1. The van der Waals surface area contributed by atoms with E-state index in [0.717, 1.165) is 37.4 Å². The highest BCUT2D eigenvalue weighted by molar-refractivity contribution is 5.18. The van der Waals surface area contributed by atoms with Crippen LogP contribution < -0.4 is 5.32 Å². The monoisotopic (exact) mass is 232 g/mol. The Morgan fingerprint density at radius 3 is 3.35 bits per heavy atom. The maximum absolute atomic E-state index is 4.34. The fourth-order valence-electron chi connectivity index (χ4n) is 2.30. The molecular weight excluding hydrogens is 216 g/mol. The van der Waals surface area contributed by atoms with Gasteiger partial charge in [-0.1, -0.05) is 6.92 Å². The van der Waals surface area contributed by atoms with Gasteiger partial charge < -0.3 is 14.9 Å². The number of fused-ring (bicyclic) bond motifs is 1. The van der Waals surface area contributed by atoms with E-state index in [0.29, 0.717) is 0 Å². The maximum Gasteiger partial charge on any atom is 0.150 e. The Morgan fingerprint density at radius 1 is 1.53 bits per heavy atom. The van der Waals surface area contributed by atoms with Crippen LogP contribution in [0.25, 0.3) is 0 Å². The second-order valence-electron chi connectivity index (χ2n) is 4.35. The van der Waals surface area contributed by atoms with Crippen molar-refractivity contribution in [1.82, 2.24) is 30.0 Å². The summed E-state index contributed by atoms with van der Waals surface area (Å²) in [5.74, 6) is 1.01. The predicted molar refractivity (Wildman–Crippen MR) is 62.2 cm³/mol. The molecule has 1 aliphatic rings. The highest BCUT2D eigenvalue weighted by atomic mass is 15.3. The van der Waals surface area contributed by atoms with Gasteiger partial charge in [0.1, 0.15) is 12.2 Å². The van der Waals surface area contributed by atoms with Crippen molar-refractivity contribution in [3.05, 3.63) is 29.9 Å². The van der Waals surface area contributed by atoms with E-state index in [1.165, 1.54) is 5.69 Å². The van der Waals surface area contributed by atoms with E-state index in [2.05, 4.69) is 37.0 Å². The zero-order valence-electron chi connectivity index (χ0n) is 9.85. The molecule has 0 bridgehead atoms. The van der Waals surface area contributed by atoms with E-state index in [1.807, 2.05) is 0 Å². The standard InChI is InChI=1S/C11H16N6/c1-2-3-17-7-15-16-11(17)9-4-8-10(5-12-9)14-6-13-8/h6-7,9,12H,2-5H2,1H3,(H,13,14). The minimum atomic E-state index is 0.222. The molecule has 0 saturated heterocycles. The highest BCUT2D eigenvalue weighted by Crippen LogP contribution is 2.22. The van der Waals surface area contributed by atoms with Crippen molar-refractivity contribution in [1.29, 1.82) is 0 Å². The highest BCUT2D eigenvalue weighted by Gasteiger charge is 2.24. The van der Waals surface area contributed by atoms with E-state index in [9.17, 15) is 0 Å². The first kappa shape index (κ1) is 10.5. The smallest absolute Gasteiger partial charge is 0.150 e. The number of nitrogens with zero attached hydrogens (tertiary/aromatic N) is 4. The Bertz CT molecular complexity index is 500. The lowest BCUT2D eigenvalue weighted by Crippen LogP contribution is -2.30. The van der Waals surface area contributed by atoms with Crippen molar-refractivity contribution >= 4 is 0 Å². The van der Waals surface area contributed by atoms with Crippen LogP contribution in [0.15, 0.2) is 12.7 Å². The first-order valence-corrected chi connectivity index (χ1v) is 6.00. The number of hydrogen-bond acceptors (Lipinski definition) is 4. The lowest BCUT2D eigenvalue weighted by atomic mass is 10.0. The largest absolute Gasteiger partial charge is 0.347 e. The molecule has 2 N–H and O–H groups in total. The quantitative estimate of drug-likeness (QED) is 0.821. The van der Waals surface area contributed by atoms with Crippen molar-refractivity contribution in [3.63, 3.8) is 0 Å². The Hall–Kier alpha value is -1.69. The molecule has 0 aliphatic carbocycles. The summed E-state index contributed by atoms with van der Waals surface area (Å²) in [5, 5.41) is 11.7. The van der Waals surface area contributed by atoms with Crippen molar-refractivity contribution in [3.8, 4) is 0 Å². The molecule has 1 atom stereocenters. The molecule has 3 rings (SSSR count). The lowest BCUT2D eigenvalue weighted by molar-refractivity contribution is 0.444. The third kappa shape index (κ3) is 1.84. The van der Waals surface area contributed by atoms with Gasteiger partial charge in [-0.3, -0.25) is 0 Å². The zero-order valence-corrected chi connectivity index (χ0v) is 9.85. The number of aromatic nitrogens is 5. The summed E-state index contributed by atoms with van der Waals surface area (Å²) in [6.45, 7) is 3.94. The van der Waals surface area contributed by atoms with Gasteiger partial charge in [0.15, 0.2) is 0 Å². The summed E-state index contributed by atoms with van der Waals surface area (Å²) in [7, 11) is 0. The molecule has 0 amide bonds. The summed E-state index contributed by atoms with van der Waals surface area (Å²) in [6, 6.07) is 0.222. The topological polar surface area (TPSA) is 71.4 Å². The molecule has 0 saturated carbocycles. The van der Waals surface area contributed by atoms with Gasteiger partial charge in [0.05, 0.1) is 23.8 Å². The van der Waals surface area contributed by atoms with Crippen LogP contribution in [0.3, 0.4) is 0 Å². The fraction of sp³-hybridized carbons (Fsp3) is 0.545. The van der Waals surface area contributed by atoms with Gasteiger partial charge >= 0.3 is 0 Å². The Morgan fingerprint density at radius 2 is 2.47 bits per heavy atom. The molecule has 17 heavy (non-hydrogen) atoms. The lowest BCUT2D eigenvalue weighted by Gasteiger charge is -2.22. The number of H-pyrrole nitrogens is 1. The minimum Gasteiger partial charge on any atom is -0.347 e. The Labute approximate surface area is 99.5 Å². The molecular formula is C11H16N6. The number of aromatic amines is 1. The van der Waals surface area contributed by atoms with E-state index in [1.54, 1.807) is 12.7 Å². The summed E-state index contributed by atoms with van der Waals surface area (Å²) in [5.41, 5.74) is 2.32. The molecule has 1 aliphatic heterocycles. The first-order chi connectivity index (χ1) is 8.38. The molecule has 2 aromatic rings. The molecule has 6 heteroatoms. The van der Waals surface area contributed by atoms with E-state index < -0.39 is 0 Å². The van der Waals surface area contributed by atoms with Crippen LogP contribution in [0.4, 0.5) is 0 Å². The van der Waals surface area contributed by atoms with Crippen LogP contribution in [-0.2, 0) is 19.5 Å². The zero-order chi connectivity index (χ0) is 11.7. The van der Waals surface area contributed by atoms with Crippen molar-refractivity contribution < 1.29 is 0 Å². The second-order valence-corrected chi connectivity index (χ2v) is 4.35. The summed E-state index contributed by atoms with van der Waals surface area (Å²) >= 11 is 0. The van der Waals surface area contributed by atoms with Gasteiger partial charge in [0, 0.05) is 19.5 Å². The molecule has 6 nitrogen and oxygen atoms in total. The van der Waals surface area contributed by atoms with Crippen molar-refractivity contribution in [2.75, 3.05) is 0 Å². The van der Waals surface area contributed by atoms with Crippen LogP contribution in [0.5, 0.6) is 0 Å². The molecule has 2 aromatic heterocycles. The third-order valence-electron chi connectivity index (χ3n) is 3.15. The predicted octanol–water partition coefficient (Wildman–Crippen LogP) is 0.798. The number of rotatable bonds is 3. The van der Waals surface area contributed by atoms with Gasteiger partial charge in [-0.2, -0.15) is 0 Å². The van der Waals surface area contributed by atoms with Gasteiger partial charge in [0.25, 0.3) is 0 Å². The third-order valence-corrected chi connectivity index (χ3v) is 3.15. The van der Waals surface area contributed by atoms with Gasteiger partial charge in [0.2, 0.25) is 0 Å². The van der Waals surface area contributed by atoms with Gasteiger partial charge in [-0.25, -0.2) is 4.98 Å². The first-order valence-electron chi connectivity index (χ1n) is 6.00. The maximum atomic E-state index is 4.34. The number of nitrogens with one attached hydrogen (secondary N) is 2. The summed E-state index contributed by atoms with van der Waals surface area (Å²) < 4.78 is 2.12. The molecule has 1 unspecified atom stereocenters. The Balaban J connectivity index is 1.84. The average molecular weight is 232 g/mol. The average Bonchev–Trinajstić information content (AvgIpc) is 2.96. The van der Waals surface area contributed by atoms with Crippen LogP contribution >= 0.6 is 0 Å². The van der Waals surface area contributed by atoms with Crippen LogP contribution in [0.2, 0.25) is 0 Å². The molecule has 0 radical (unpaired) electrons. The molecule has 0 spiro atoms. The molecule has 3 heterocycles. The summed E-state index contributed by atoms with van der Waals surface area (Å²) in [6.07, 6.45) is 5.53. The number of imidazole rings is 1. The normalized spacial score (nSPS) is 19.2. The minimum absolute atomic E-state index is 0.222. The molecule has 0 fully saturated rings. The van der Waals surface area contributed by atoms with Gasteiger partial charge in [-0.15, -0.1) is 10.2 Å². The van der Waals surface area contributed by atoms with E-state index >= 15 is 0 Å². The molecule has 90 valence electrons. The van der Waals surface area contributed by atoms with Crippen LogP contribution in [-0.4, -0.2) is 24.7 Å².